The summed E-state index contributed by atoms with van der Waals surface area (Å²) in [7, 11) is 0. The van der Waals surface area contributed by atoms with E-state index >= 15 is 0 Å². The molecule has 0 aliphatic rings. The molecule has 2 aromatic rings. The number of benzene rings is 2. The van der Waals surface area contributed by atoms with Gasteiger partial charge in [0.25, 0.3) is 0 Å². The molecule has 0 saturated heterocycles. The summed E-state index contributed by atoms with van der Waals surface area (Å²) in [6.45, 7) is 0. The summed E-state index contributed by atoms with van der Waals surface area (Å²) >= 11 is 0. The molecule has 4 nitrogen and oxygen atoms in total. The quantitative estimate of drug-likeness (QED) is 0.496. The zero-order chi connectivity index (χ0) is 13.8. The maximum Gasteiger partial charge on any atom is 0.184 e. The Morgan fingerprint density at radius 3 is 2.37 bits per heavy atom. The number of anilines is 1. The lowest BCUT2D eigenvalue weighted by molar-refractivity contribution is 0.0961. The summed E-state index contributed by atoms with van der Waals surface area (Å²) in [5.74, 6) is -0.227. The second-order valence-corrected chi connectivity index (χ2v) is 4.18. The van der Waals surface area contributed by atoms with Gasteiger partial charge < -0.3 is 11.5 Å². The molecule has 2 aromatic carbocycles. The Morgan fingerprint density at radius 2 is 1.74 bits per heavy atom. The van der Waals surface area contributed by atoms with E-state index in [1.54, 1.807) is 42.5 Å². The number of hydrogen-bond acceptors (Lipinski definition) is 4. The van der Waals surface area contributed by atoms with E-state index < -0.39 is 6.04 Å². The fourth-order valence-corrected chi connectivity index (χ4v) is 1.90. The molecule has 1 atom stereocenters. The van der Waals surface area contributed by atoms with Crippen LogP contribution in [0.15, 0.2) is 48.5 Å². The van der Waals surface area contributed by atoms with Crippen LogP contribution >= 0.6 is 0 Å². The van der Waals surface area contributed by atoms with Crippen molar-refractivity contribution in [3.05, 3.63) is 65.2 Å². The number of para-hydroxylation sites is 1. The highest BCUT2D eigenvalue weighted by atomic mass is 16.1. The lowest BCUT2D eigenvalue weighted by Crippen LogP contribution is -2.23. The monoisotopic (exact) mass is 254 g/mol. The molecular formula is C15H14N2O2. The number of nitrogen functional groups attached to an aromatic ring is 1. The maximum absolute atomic E-state index is 12.2. The standard InChI is InChI=1S/C15H14N2O2/c16-13-11(9-18)7-4-8-12(13)14(17)15(19)10-5-2-1-3-6-10/h1-9,14H,16-17H2. The van der Waals surface area contributed by atoms with Gasteiger partial charge in [0.05, 0.1) is 6.04 Å². The minimum absolute atomic E-state index is 0.227. The molecular weight excluding hydrogens is 240 g/mol. The molecule has 4 N–H and O–H groups in total. The molecule has 0 heterocycles. The first kappa shape index (κ1) is 13.0. The fourth-order valence-electron chi connectivity index (χ4n) is 1.90. The summed E-state index contributed by atoms with van der Waals surface area (Å²) in [4.78, 5) is 23.1. The topological polar surface area (TPSA) is 86.2 Å². The van der Waals surface area contributed by atoms with Crippen LogP contribution in [-0.2, 0) is 0 Å². The van der Waals surface area contributed by atoms with Crippen molar-refractivity contribution < 1.29 is 9.59 Å². The Kier molecular flexibility index (Phi) is 3.73. The number of ketones is 1. The van der Waals surface area contributed by atoms with Crippen molar-refractivity contribution in [3.63, 3.8) is 0 Å². The molecule has 0 saturated carbocycles. The van der Waals surface area contributed by atoms with Gasteiger partial charge in [-0.05, 0) is 6.07 Å². The summed E-state index contributed by atoms with van der Waals surface area (Å²) in [5.41, 5.74) is 13.4. The zero-order valence-corrected chi connectivity index (χ0v) is 10.2. The number of Topliss-reactive ketones (excluding diaryl/α,β-unsaturated/α-hetero) is 1. The molecule has 0 amide bonds. The summed E-state index contributed by atoms with van der Waals surface area (Å²) in [6, 6.07) is 12.8. The van der Waals surface area contributed by atoms with Crippen molar-refractivity contribution in [1.82, 2.24) is 0 Å². The smallest absolute Gasteiger partial charge is 0.184 e. The van der Waals surface area contributed by atoms with E-state index in [2.05, 4.69) is 0 Å². The van der Waals surface area contributed by atoms with Crippen LogP contribution in [0, 0.1) is 0 Å². The summed E-state index contributed by atoms with van der Waals surface area (Å²) in [5, 5.41) is 0. The van der Waals surface area contributed by atoms with Gasteiger partial charge in [0.15, 0.2) is 12.1 Å². The predicted octanol–water partition coefficient (Wildman–Crippen LogP) is 1.96. The predicted molar refractivity (Wildman–Crippen MR) is 73.9 cm³/mol. The van der Waals surface area contributed by atoms with E-state index in [9.17, 15) is 9.59 Å². The summed E-state index contributed by atoms with van der Waals surface area (Å²) in [6.07, 6.45) is 0.651. The third kappa shape index (κ3) is 2.53. The molecule has 96 valence electrons. The molecule has 0 radical (unpaired) electrons. The highest BCUT2D eigenvalue weighted by Gasteiger charge is 2.20. The summed E-state index contributed by atoms with van der Waals surface area (Å²) < 4.78 is 0. The molecule has 2 rings (SSSR count). The van der Waals surface area contributed by atoms with E-state index in [4.69, 9.17) is 11.5 Å². The van der Waals surface area contributed by atoms with Crippen LogP contribution in [0.4, 0.5) is 5.69 Å². The van der Waals surface area contributed by atoms with E-state index in [0.29, 0.717) is 23.0 Å². The van der Waals surface area contributed by atoms with Crippen LogP contribution in [-0.4, -0.2) is 12.1 Å². The molecule has 0 aliphatic carbocycles. The van der Waals surface area contributed by atoms with Crippen molar-refractivity contribution in [1.29, 1.82) is 0 Å². The third-order valence-corrected chi connectivity index (χ3v) is 2.98. The molecule has 19 heavy (non-hydrogen) atoms. The van der Waals surface area contributed by atoms with Crippen molar-refractivity contribution in [2.45, 2.75) is 6.04 Å². The second-order valence-electron chi connectivity index (χ2n) is 4.18. The number of aldehydes is 1. The van der Waals surface area contributed by atoms with Crippen LogP contribution in [0.3, 0.4) is 0 Å². The minimum Gasteiger partial charge on any atom is -0.398 e. The van der Waals surface area contributed by atoms with Gasteiger partial charge >= 0.3 is 0 Å². The van der Waals surface area contributed by atoms with Gasteiger partial charge in [0.1, 0.15) is 0 Å². The first-order valence-electron chi connectivity index (χ1n) is 5.83. The Labute approximate surface area is 111 Å². The Balaban J connectivity index is 2.37. The van der Waals surface area contributed by atoms with Gasteiger partial charge in [-0.2, -0.15) is 0 Å². The van der Waals surface area contributed by atoms with Gasteiger partial charge in [0.2, 0.25) is 0 Å². The van der Waals surface area contributed by atoms with E-state index in [1.165, 1.54) is 0 Å². The highest BCUT2D eigenvalue weighted by molar-refractivity contribution is 6.01. The minimum atomic E-state index is -0.873. The lowest BCUT2D eigenvalue weighted by Gasteiger charge is -2.14. The number of nitrogens with two attached hydrogens (primary N) is 2. The lowest BCUT2D eigenvalue weighted by atomic mass is 9.95. The first-order chi connectivity index (χ1) is 9.15. The molecule has 4 heteroatoms. The third-order valence-electron chi connectivity index (χ3n) is 2.98. The average Bonchev–Trinajstić information content (AvgIpc) is 2.47. The number of carbonyl (C=O) groups is 2. The molecule has 0 fully saturated rings. The number of hydrogen-bond donors (Lipinski definition) is 2. The van der Waals surface area contributed by atoms with E-state index in [0.717, 1.165) is 0 Å². The maximum atomic E-state index is 12.2. The Hall–Kier alpha value is -2.46. The van der Waals surface area contributed by atoms with Gasteiger partial charge in [-0.3, -0.25) is 9.59 Å². The van der Waals surface area contributed by atoms with Crippen molar-refractivity contribution >= 4 is 17.8 Å². The van der Waals surface area contributed by atoms with Crippen LogP contribution < -0.4 is 11.5 Å². The van der Waals surface area contributed by atoms with Crippen LogP contribution in [0.2, 0.25) is 0 Å². The molecule has 0 spiro atoms. The van der Waals surface area contributed by atoms with E-state index in [1.807, 2.05) is 6.07 Å². The number of carbonyl (C=O) groups excluding carboxylic acids is 2. The molecule has 1 unspecified atom stereocenters. The molecule has 0 aromatic heterocycles. The van der Waals surface area contributed by atoms with Gasteiger partial charge in [-0.1, -0.05) is 42.5 Å². The van der Waals surface area contributed by atoms with Crippen LogP contribution in [0.25, 0.3) is 0 Å². The highest BCUT2D eigenvalue weighted by Crippen LogP contribution is 2.24. The zero-order valence-electron chi connectivity index (χ0n) is 10.2. The molecule has 0 aliphatic heterocycles. The van der Waals surface area contributed by atoms with Gasteiger partial charge in [0, 0.05) is 22.4 Å². The van der Waals surface area contributed by atoms with Crippen molar-refractivity contribution in [3.8, 4) is 0 Å². The second kappa shape index (κ2) is 5.46. The van der Waals surface area contributed by atoms with Crippen LogP contribution in [0.1, 0.15) is 32.3 Å². The first-order valence-corrected chi connectivity index (χ1v) is 5.83. The van der Waals surface area contributed by atoms with Gasteiger partial charge in [-0.25, -0.2) is 0 Å². The Bertz CT molecular complexity index is 609. The van der Waals surface area contributed by atoms with Crippen LogP contribution in [0.5, 0.6) is 0 Å². The average molecular weight is 254 g/mol. The fraction of sp³-hybridized carbons (Fsp3) is 0.0667. The Morgan fingerprint density at radius 1 is 1.05 bits per heavy atom. The molecule has 0 bridgehead atoms. The van der Waals surface area contributed by atoms with Gasteiger partial charge in [-0.15, -0.1) is 0 Å². The largest absolute Gasteiger partial charge is 0.398 e. The van der Waals surface area contributed by atoms with Crippen molar-refractivity contribution in [2.24, 2.45) is 5.73 Å². The van der Waals surface area contributed by atoms with E-state index in [-0.39, 0.29) is 11.5 Å². The van der Waals surface area contributed by atoms with Crippen molar-refractivity contribution in [2.75, 3.05) is 5.73 Å². The normalized spacial score (nSPS) is 11.8. The number of rotatable bonds is 4. The SMILES string of the molecule is Nc1c(C=O)cccc1C(N)C(=O)c1ccccc1.